The van der Waals surface area contributed by atoms with Gasteiger partial charge in [0.15, 0.2) is 34.5 Å². The quantitative estimate of drug-likeness (QED) is 0.203. The van der Waals surface area contributed by atoms with Crippen molar-refractivity contribution in [3.63, 3.8) is 0 Å². The van der Waals surface area contributed by atoms with Gasteiger partial charge in [0.1, 0.15) is 5.75 Å². The van der Waals surface area contributed by atoms with Crippen molar-refractivity contribution in [3.8, 4) is 40.2 Å². The highest BCUT2D eigenvalue weighted by Gasteiger charge is 2.25. The Hall–Kier alpha value is -4.40. The highest BCUT2D eigenvalue weighted by atomic mass is 16.5. The predicted octanol–water partition coefficient (Wildman–Crippen LogP) is 6.38. The van der Waals surface area contributed by atoms with Crippen LogP contribution in [0.2, 0.25) is 0 Å². The van der Waals surface area contributed by atoms with E-state index in [0.29, 0.717) is 11.5 Å². The van der Waals surface area contributed by atoms with Gasteiger partial charge in [-0.3, -0.25) is 0 Å². The number of benzene rings is 4. The maximum atomic E-state index is 6.30. The van der Waals surface area contributed by atoms with Crippen LogP contribution in [0.15, 0.2) is 66.7 Å². The van der Waals surface area contributed by atoms with Crippen molar-refractivity contribution in [1.29, 1.82) is 0 Å². The zero-order chi connectivity index (χ0) is 31.3. The van der Waals surface area contributed by atoms with Crippen molar-refractivity contribution in [2.24, 2.45) is 0 Å². The van der Waals surface area contributed by atoms with Gasteiger partial charge in [-0.15, -0.1) is 0 Å². The summed E-state index contributed by atoms with van der Waals surface area (Å²) in [5.74, 6) is 5.20. The third kappa shape index (κ3) is 6.53. The summed E-state index contributed by atoms with van der Waals surface area (Å²) in [6.07, 6.45) is 3.59. The number of hydrogen-bond donors (Lipinski definition) is 2. The second-order valence-corrected chi connectivity index (χ2v) is 11.5. The third-order valence-corrected chi connectivity index (χ3v) is 8.87. The van der Waals surface area contributed by atoms with Crippen molar-refractivity contribution in [3.05, 3.63) is 100 Å². The molecule has 0 aliphatic carbocycles. The number of methoxy groups -OCH3 is 5. The summed E-state index contributed by atoms with van der Waals surface area (Å²) in [7, 11) is 8.39. The summed E-state index contributed by atoms with van der Waals surface area (Å²) < 4.78 is 34.3. The molecular weight excluding hydrogens is 568 g/mol. The van der Waals surface area contributed by atoms with Crippen LogP contribution in [0.1, 0.15) is 45.5 Å². The summed E-state index contributed by atoms with van der Waals surface area (Å²) >= 11 is 0. The van der Waals surface area contributed by atoms with Crippen LogP contribution in [0.25, 0.3) is 0 Å². The standard InChI is InChI=1S/C37H42N2O6/c1-40-33-18-24(17-31-29-22-37(44-5)35(42-3)20-26(29)13-15-39-31)8-11-32(33)45-27-9-6-23(7-10-27)16-30-28-21-36(43-4)34(41-2)19-25(28)12-14-38-30/h6-11,18-22,30-31,38-39H,12-17H2,1-5H3. The van der Waals surface area contributed by atoms with E-state index in [1.165, 1.54) is 27.8 Å². The van der Waals surface area contributed by atoms with Gasteiger partial charge in [0, 0.05) is 12.1 Å². The van der Waals surface area contributed by atoms with Crippen LogP contribution in [0.3, 0.4) is 0 Å². The van der Waals surface area contributed by atoms with E-state index < -0.39 is 0 Å². The maximum absolute atomic E-state index is 6.30. The van der Waals surface area contributed by atoms with Crippen molar-refractivity contribution >= 4 is 0 Å². The van der Waals surface area contributed by atoms with Gasteiger partial charge in [0.2, 0.25) is 0 Å². The van der Waals surface area contributed by atoms with Gasteiger partial charge in [-0.05, 0) is 121 Å². The van der Waals surface area contributed by atoms with Gasteiger partial charge < -0.3 is 39.1 Å². The largest absolute Gasteiger partial charge is 0.493 e. The molecule has 236 valence electrons. The monoisotopic (exact) mass is 610 g/mol. The van der Waals surface area contributed by atoms with Crippen LogP contribution in [-0.2, 0) is 25.7 Å². The minimum atomic E-state index is 0.159. The maximum Gasteiger partial charge on any atom is 0.169 e. The fraction of sp³-hybridized carbons (Fsp3) is 0.351. The molecule has 2 heterocycles. The Morgan fingerprint density at radius 2 is 0.956 bits per heavy atom. The highest BCUT2D eigenvalue weighted by Crippen LogP contribution is 2.39. The first-order valence-corrected chi connectivity index (χ1v) is 15.4. The molecule has 0 saturated carbocycles. The van der Waals surface area contributed by atoms with Crippen molar-refractivity contribution in [2.45, 2.75) is 37.8 Å². The Morgan fingerprint density at radius 1 is 0.511 bits per heavy atom. The Labute approximate surface area is 265 Å². The molecule has 0 saturated heterocycles. The molecule has 2 unspecified atom stereocenters. The molecule has 0 radical (unpaired) electrons. The van der Waals surface area contributed by atoms with E-state index >= 15 is 0 Å². The normalized spacial score (nSPS) is 17.1. The molecule has 2 N–H and O–H groups in total. The molecule has 0 aromatic heterocycles. The number of hydrogen-bond acceptors (Lipinski definition) is 8. The molecule has 2 aliphatic rings. The zero-order valence-electron chi connectivity index (χ0n) is 26.7. The first-order chi connectivity index (χ1) is 22.0. The molecule has 0 spiro atoms. The van der Waals surface area contributed by atoms with Gasteiger partial charge in [-0.1, -0.05) is 18.2 Å². The predicted molar refractivity (Wildman–Crippen MR) is 175 cm³/mol. The van der Waals surface area contributed by atoms with Gasteiger partial charge in [0.25, 0.3) is 0 Å². The Balaban J connectivity index is 1.14. The summed E-state index contributed by atoms with van der Waals surface area (Å²) in [5, 5.41) is 7.34. The lowest BCUT2D eigenvalue weighted by Gasteiger charge is -2.28. The third-order valence-electron chi connectivity index (χ3n) is 8.87. The number of ether oxygens (including phenoxy) is 6. The molecule has 0 fully saturated rings. The van der Waals surface area contributed by atoms with Gasteiger partial charge >= 0.3 is 0 Å². The SMILES string of the molecule is COc1cc2c(cc1OC)C(Cc1ccc(Oc3ccc(CC4NCCc5cc(OC)c(OC)cc54)cc3OC)cc1)NCC2. The lowest BCUT2D eigenvalue weighted by molar-refractivity contribution is 0.352. The van der Waals surface area contributed by atoms with E-state index in [1.54, 1.807) is 35.5 Å². The molecule has 2 atom stereocenters. The van der Waals surface area contributed by atoms with Crippen LogP contribution in [-0.4, -0.2) is 48.6 Å². The van der Waals surface area contributed by atoms with Crippen LogP contribution in [0.4, 0.5) is 0 Å². The fourth-order valence-electron chi connectivity index (χ4n) is 6.52. The molecular formula is C37H42N2O6. The van der Waals surface area contributed by atoms with E-state index in [4.69, 9.17) is 28.4 Å². The van der Waals surface area contributed by atoms with Crippen molar-refractivity contribution < 1.29 is 28.4 Å². The van der Waals surface area contributed by atoms with E-state index in [0.717, 1.165) is 73.1 Å². The molecule has 0 amide bonds. The van der Waals surface area contributed by atoms with Crippen LogP contribution in [0, 0.1) is 0 Å². The summed E-state index contributed by atoms with van der Waals surface area (Å²) in [4.78, 5) is 0. The number of nitrogens with one attached hydrogen (secondary N) is 2. The second kappa shape index (κ2) is 13.7. The molecule has 6 rings (SSSR count). The molecule has 8 heteroatoms. The average Bonchev–Trinajstić information content (AvgIpc) is 3.08. The molecule has 45 heavy (non-hydrogen) atoms. The highest BCUT2D eigenvalue weighted by molar-refractivity contribution is 5.52. The van der Waals surface area contributed by atoms with Crippen LogP contribution < -0.4 is 39.1 Å². The zero-order valence-corrected chi connectivity index (χ0v) is 26.7. The Morgan fingerprint density at radius 3 is 1.47 bits per heavy atom. The summed E-state index contributed by atoms with van der Waals surface area (Å²) in [6, 6.07) is 23.2. The average molecular weight is 611 g/mol. The lowest BCUT2D eigenvalue weighted by Crippen LogP contribution is -2.31. The minimum absolute atomic E-state index is 0.159. The van der Waals surface area contributed by atoms with Crippen molar-refractivity contribution in [2.75, 3.05) is 48.6 Å². The molecule has 8 nitrogen and oxygen atoms in total. The van der Waals surface area contributed by atoms with Crippen LogP contribution in [0.5, 0.6) is 40.2 Å². The van der Waals surface area contributed by atoms with Crippen molar-refractivity contribution in [1.82, 2.24) is 10.6 Å². The van der Waals surface area contributed by atoms with E-state index in [-0.39, 0.29) is 12.1 Å². The molecule has 2 aliphatic heterocycles. The van der Waals surface area contributed by atoms with Crippen LogP contribution >= 0.6 is 0 Å². The Kier molecular flexibility index (Phi) is 9.33. The van der Waals surface area contributed by atoms with Gasteiger partial charge in [-0.2, -0.15) is 0 Å². The van der Waals surface area contributed by atoms with Gasteiger partial charge in [-0.25, -0.2) is 0 Å². The number of rotatable bonds is 11. The van der Waals surface area contributed by atoms with Gasteiger partial charge in [0.05, 0.1) is 35.5 Å². The fourth-order valence-corrected chi connectivity index (χ4v) is 6.52. The smallest absolute Gasteiger partial charge is 0.169 e. The first kappa shape index (κ1) is 30.6. The lowest BCUT2D eigenvalue weighted by atomic mass is 9.89. The summed E-state index contributed by atoms with van der Waals surface area (Å²) in [5.41, 5.74) is 7.47. The molecule has 4 aromatic carbocycles. The van der Waals surface area contributed by atoms with E-state index in [1.807, 2.05) is 18.2 Å². The summed E-state index contributed by atoms with van der Waals surface area (Å²) in [6.45, 7) is 1.84. The Bertz CT molecular complexity index is 1640. The van der Waals surface area contributed by atoms with E-state index in [9.17, 15) is 0 Å². The van der Waals surface area contributed by atoms with E-state index in [2.05, 4.69) is 59.2 Å². The topological polar surface area (TPSA) is 79.4 Å². The second-order valence-electron chi connectivity index (χ2n) is 11.5. The molecule has 4 aromatic rings. The minimum Gasteiger partial charge on any atom is -0.493 e. The number of fused-ring (bicyclic) bond motifs is 2. The first-order valence-electron chi connectivity index (χ1n) is 15.4. The molecule has 0 bridgehead atoms.